The van der Waals surface area contributed by atoms with Gasteiger partial charge in [0.25, 0.3) is 0 Å². The number of aliphatic hydroxyl groups is 1. The van der Waals surface area contributed by atoms with Crippen molar-refractivity contribution in [3.05, 3.63) is 29.0 Å². The lowest BCUT2D eigenvalue weighted by Crippen LogP contribution is -2.35. The number of aromatic nitrogens is 1. The molecule has 15 heavy (non-hydrogen) atoms. The minimum Gasteiger partial charge on any atom is -0.389 e. The van der Waals surface area contributed by atoms with Crippen molar-refractivity contribution in [2.24, 2.45) is 0 Å². The third kappa shape index (κ3) is 4.60. The van der Waals surface area contributed by atoms with E-state index in [1.165, 1.54) is 0 Å². The zero-order valence-corrected chi connectivity index (χ0v) is 10.1. The Hall–Kier alpha value is -0.640. The largest absolute Gasteiger partial charge is 0.389 e. The van der Waals surface area contributed by atoms with Crippen LogP contribution in [0.15, 0.2) is 18.5 Å². The molecule has 0 saturated carbocycles. The highest BCUT2D eigenvalue weighted by molar-refractivity contribution is 6.31. The van der Waals surface area contributed by atoms with Crippen molar-refractivity contribution in [1.82, 2.24) is 9.88 Å². The number of pyridine rings is 1. The molecule has 1 heterocycles. The average molecular weight is 229 g/mol. The van der Waals surface area contributed by atoms with Gasteiger partial charge in [0, 0.05) is 25.5 Å². The van der Waals surface area contributed by atoms with Crippen molar-refractivity contribution >= 4 is 11.6 Å². The quantitative estimate of drug-likeness (QED) is 0.856. The van der Waals surface area contributed by atoms with Gasteiger partial charge in [-0.15, -0.1) is 0 Å². The van der Waals surface area contributed by atoms with E-state index in [4.69, 9.17) is 11.6 Å². The van der Waals surface area contributed by atoms with E-state index in [-0.39, 0.29) is 0 Å². The van der Waals surface area contributed by atoms with Crippen LogP contribution in [0.5, 0.6) is 0 Å². The number of hydrogen-bond acceptors (Lipinski definition) is 3. The molecule has 1 rings (SSSR count). The molecule has 0 aromatic carbocycles. The van der Waals surface area contributed by atoms with Crippen LogP contribution in [0.4, 0.5) is 0 Å². The molecule has 1 aromatic heterocycles. The SMILES string of the molecule is CN(Cc1ccncc1Cl)CC(C)(C)O. The van der Waals surface area contributed by atoms with Gasteiger partial charge in [0.2, 0.25) is 0 Å². The smallest absolute Gasteiger partial charge is 0.0718 e. The van der Waals surface area contributed by atoms with Crippen LogP contribution in [0.3, 0.4) is 0 Å². The Balaban J connectivity index is 2.59. The van der Waals surface area contributed by atoms with Gasteiger partial charge >= 0.3 is 0 Å². The lowest BCUT2D eigenvalue weighted by Gasteiger charge is -2.25. The molecule has 0 aliphatic heterocycles. The molecule has 3 nitrogen and oxygen atoms in total. The summed E-state index contributed by atoms with van der Waals surface area (Å²) in [4.78, 5) is 5.96. The minimum absolute atomic E-state index is 0.603. The fraction of sp³-hybridized carbons (Fsp3) is 0.545. The Morgan fingerprint density at radius 3 is 2.73 bits per heavy atom. The summed E-state index contributed by atoms with van der Waals surface area (Å²) in [7, 11) is 1.95. The second kappa shape index (κ2) is 4.92. The average Bonchev–Trinajstić information content (AvgIpc) is 2.05. The summed E-state index contributed by atoms with van der Waals surface area (Å²) in [5, 5.41) is 10.3. The summed E-state index contributed by atoms with van der Waals surface area (Å²) >= 11 is 5.99. The van der Waals surface area contributed by atoms with Gasteiger partial charge in [-0.2, -0.15) is 0 Å². The van der Waals surface area contributed by atoms with Crippen molar-refractivity contribution in [3.8, 4) is 0 Å². The zero-order chi connectivity index (χ0) is 11.5. The molecule has 1 N–H and O–H groups in total. The van der Waals surface area contributed by atoms with Gasteiger partial charge in [0.1, 0.15) is 0 Å². The van der Waals surface area contributed by atoms with Gasteiger partial charge in [-0.25, -0.2) is 0 Å². The van der Waals surface area contributed by atoms with E-state index < -0.39 is 5.60 Å². The summed E-state index contributed by atoms with van der Waals surface area (Å²) in [5.74, 6) is 0. The van der Waals surface area contributed by atoms with Gasteiger partial charge in [0.15, 0.2) is 0 Å². The van der Waals surface area contributed by atoms with Gasteiger partial charge in [-0.05, 0) is 32.5 Å². The summed E-state index contributed by atoms with van der Waals surface area (Å²) in [5.41, 5.74) is 0.340. The second-order valence-electron chi connectivity index (χ2n) is 4.45. The van der Waals surface area contributed by atoms with Gasteiger partial charge in [-0.3, -0.25) is 9.88 Å². The normalized spacial score (nSPS) is 12.1. The fourth-order valence-electron chi connectivity index (χ4n) is 1.54. The Morgan fingerprint density at radius 2 is 2.20 bits per heavy atom. The molecular formula is C11H17ClN2O. The summed E-state index contributed by atoms with van der Waals surface area (Å²) in [6.07, 6.45) is 3.36. The van der Waals surface area contributed by atoms with Crippen molar-refractivity contribution in [3.63, 3.8) is 0 Å². The number of likely N-dealkylation sites (N-methyl/N-ethyl adjacent to an activating group) is 1. The molecule has 0 aliphatic carbocycles. The van der Waals surface area contributed by atoms with Crippen LogP contribution < -0.4 is 0 Å². The van der Waals surface area contributed by atoms with Crippen LogP contribution in [0.1, 0.15) is 19.4 Å². The van der Waals surface area contributed by atoms with Crippen molar-refractivity contribution < 1.29 is 5.11 Å². The van der Waals surface area contributed by atoms with E-state index in [0.29, 0.717) is 18.1 Å². The van der Waals surface area contributed by atoms with Crippen molar-refractivity contribution in [2.45, 2.75) is 26.0 Å². The van der Waals surface area contributed by atoms with Crippen LogP contribution in [-0.4, -0.2) is 34.2 Å². The maximum atomic E-state index is 9.65. The maximum Gasteiger partial charge on any atom is 0.0718 e. The molecule has 0 spiro atoms. The number of rotatable bonds is 4. The molecule has 0 unspecified atom stereocenters. The van der Waals surface area contributed by atoms with E-state index in [2.05, 4.69) is 4.98 Å². The number of halogens is 1. The van der Waals surface area contributed by atoms with Gasteiger partial charge in [0.05, 0.1) is 10.6 Å². The van der Waals surface area contributed by atoms with Crippen LogP contribution in [0.2, 0.25) is 5.02 Å². The van der Waals surface area contributed by atoms with Crippen LogP contribution in [-0.2, 0) is 6.54 Å². The highest BCUT2D eigenvalue weighted by Gasteiger charge is 2.16. The van der Waals surface area contributed by atoms with Crippen molar-refractivity contribution in [1.29, 1.82) is 0 Å². The third-order valence-electron chi connectivity index (χ3n) is 1.95. The molecule has 1 aromatic rings. The highest BCUT2D eigenvalue weighted by atomic mass is 35.5. The standard InChI is InChI=1S/C11H17ClN2O/c1-11(2,15)8-14(3)7-9-4-5-13-6-10(9)12/h4-6,15H,7-8H2,1-3H3. The number of nitrogens with zero attached hydrogens (tertiary/aromatic N) is 2. The lowest BCUT2D eigenvalue weighted by molar-refractivity contribution is 0.0425. The molecular weight excluding hydrogens is 212 g/mol. The maximum absolute atomic E-state index is 9.65. The monoisotopic (exact) mass is 228 g/mol. The lowest BCUT2D eigenvalue weighted by atomic mass is 10.1. The van der Waals surface area contributed by atoms with E-state index >= 15 is 0 Å². The third-order valence-corrected chi connectivity index (χ3v) is 2.29. The summed E-state index contributed by atoms with van der Waals surface area (Å²) < 4.78 is 0. The minimum atomic E-state index is -0.686. The van der Waals surface area contributed by atoms with Gasteiger partial charge < -0.3 is 5.11 Å². The van der Waals surface area contributed by atoms with Crippen LogP contribution in [0, 0.1) is 0 Å². The first-order chi connectivity index (χ1) is 6.88. The Morgan fingerprint density at radius 1 is 1.53 bits per heavy atom. The molecule has 0 saturated heterocycles. The molecule has 4 heteroatoms. The molecule has 0 bridgehead atoms. The van der Waals surface area contributed by atoms with E-state index in [1.54, 1.807) is 26.2 Å². The molecule has 0 fully saturated rings. The molecule has 0 aliphatic rings. The first-order valence-corrected chi connectivity index (χ1v) is 5.25. The van der Waals surface area contributed by atoms with E-state index in [9.17, 15) is 5.11 Å². The first-order valence-electron chi connectivity index (χ1n) is 4.88. The highest BCUT2D eigenvalue weighted by Crippen LogP contribution is 2.16. The first kappa shape index (κ1) is 12.4. The summed E-state index contributed by atoms with van der Waals surface area (Å²) in [6, 6.07) is 1.89. The van der Waals surface area contributed by atoms with E-state index in [0.717, 1.165) is 5.56 Å². The molecule has 0 radical (unpaired) electrons. The number of hydrogen-bond donors (Lipinski definition) is 1. The van der Waals surface area contributed by atoms with E-state index in [1.807, 2.05) is 18.0 Å². The molecule has 0 atom stereocenters. The molecule has 84 valence electrons. The predicted molar refractivity (Wildman–Crippen MR) is 61.9 cm³/mol. The summed E-state index contributed by atoms with van der Waals surface area (Å²) in [6.45, 7) is 4.90. The van der Waals surface area contributed by atoms with Gasteiger partial charge in [-0.1, -0.05) is 11.6 Å². The predicted octanol–water partition coefficient (Wildman–Crippen LogP) is 1.94. The Kier molecular flexibility index (Phi) is 4.08. The Labute approximate surface area is 95.7 Å². The van der Waals surface area contributed by atoms with Crippen molar-refractivity contribution in [2.75, 3.05) is 13.6 Å². The van der Waals surface area contributed by atoms with Crippen LogP contribution >= 0.6 is 11.6 Å². The zero-order valence-electron chi connectivity index (χ0n) is 9.37. The molecule has 0 amide bonds. The van der Waals surface area contributed by atoms with Crippen LogP contribution in [0.25, 0.3) is 0 Å². The second-order valence-corrected chi connectivity index (χ2v) is 4.86. The Bertz CT molecular complexity index is 323. The fourth-order valence-corrected chi connectivity index (χ4v) is 1.72. The topological polar surface area (TPSA) is 36.4 Å².